The number of allylic oxidation sites excluding steroid dienone is 4. The molecule has 0 amide bonds. The number of rotatable bonds is 2. The summed E-state index contributed by atoms with van der Waals surface area (Å²) in [6, 6.07) is 8.47. The Labute approximate surface area is 134 Å². The van der Waals surface area contributed by atoms with Crippen LogP contribution in [0.3, 0.4) is 0 Å². The molecule has 1 heterocycles. The summed E-state index contributed by atoms with van der Waals surface area (Å²) in [6.45, 7) is 2.18. The van der Waals surface area contributed by atoms with Crippen LogP contribution in [-0.4, -0.2) is 13.1 Å². The lowest BCUT2D eigenvalue weighted by Gasteiger charge is -2.41. The quantitative estimate of drug-likeness (QED) is 0.793. The molecule has 1 fully saturated rings. The molecule has 3 rings (SSSR count). The van der Waals surface area contributed by atoms with Gasteiger partial charge in [0, 0.05) is 10.4 Å². The summed E-state index contributed by atoms with van der Waals surface area (Å²) in [5.41, 5.74) is 3.19. The largest absolute Gasteiger partial charge is 0.317 e. The fraction of sp³-hybridized carbons (Fsp3) is 0.412. The molecule has 2 aliphatic rings. The van der Waals surface area contributed by atoms with Crippen molar-refractivity contribution in [1.29, 1.82) is 0 Å². The molecule has 1 aromatic rings. The maximum Gasteiger partial charge on any atom is 0.0406 e. The summed E-state index contributed by atoms with van der Waals surface area (Å²) in [4.78, 5) is 0. The van der Waals surface area contributed by atoms with Crippen LogP contribution in [0.25, 0.3) is 0 Å². The van der Waals surface area contributed by atoms with E-state index in [1.165, 1.54) is 22.9 Å². The fourth-order valence-corrected chi connectivity index (χ4v) is 3.88. The van der Waals surface area contributed by atoms with Gasteiger partial charge in [-0.3, -0.25) is 0 Å². The Balaban J connectivity index is 2.02. The topological polar surface area (TPSA) is 12.0 Å². The van der Waals surface area contributed by atoms with Gasteiger partial charge in [-0.15, -0.1) is 0 Å². The van der Waals surface area contributed by atoms with E-state index in [0.29, 0.717) is 0 Å². The van der Waals surface area contributed by atoms with E-state index in [-0.39, 0.29) is 5.41 Å². The van der Waals surface area contributed by atoms with Gasteiger partial charge in [-0.05, 0) is 61.0 Å². The first kappa shape index (κ1) is 14.4. The predicted octanol–water partition coefficient (Wildman–Crippen LogP) is 4.96. The zero-order valence-electron chi connectivity index (χ0n) is 11.5. The van der Waals surface area contributed by atoms with Crippen LogP contribution >= 0.6 is 27.5 Å². The van der Waals surface area contributed by atoms with Crippen molar-refractivity contribution in [2.24, 2.45) is 0 Å². The smallest absolute Gasteiger partial charge is 0.0406 e. The molecule has 1 aliphatic heterocycles. The Kier molecular flexibility index (Phi) is 4.34. The van der Waals surface area contributed by atoms with Crippen LogP contribution in [0, 0.1) is 0 Å². The molecule has 0 aromatic heterocycles. The highest BCUT2D eigenvalue weighted by atomic mass is 79.9. The molecule has 1 N–H and O–H groups in total. The predicted molar refractivity (Wildman–Crippen MR) is 89.6 cm³/mol. The molecule has 0 unspecified atom stereocenters. The van der Waals surface area contributed by atoms with E-state index in [1.807, 2.05) is 12.1 Å². The average Bonchev–Trinajstić information content (AvgIpc) is 2.49. The van der Waals surface area contributed by atoms with Gasteiger partial charge in [0.25, 0.3) is 0 Å². The first-order valence-electron chi connectivity index (χ1n) is 7.23. The molecule has 0 radical (unpaired) electrons. The molecule has 1 aromatic carbocycles. The Morgan fingerprint density at radius 1 is 1.00 bits per heavy atom. The minimum Gasteiger partial charge on any atom is -0.317 e. The molecule has 0 saturated carbocycles. The Morgan fingerprint density at radius 3 is 2.30 bits per heavy atom. The molecule has 106 valence electrons. The van der Waals surface area contributed by atoms with Crippen LogP contribution in [0.5, 0.6) is 0 Å². The van der Waals surface area contributed by atoms with Gasteiger partial charge in [-0.2, -0.15) is 0 Å². The summed E-state index contributed by atoms with van der Waals surface area (Å²) in [5, 5.41) is 4.31. The van der Waals surface area contributed by atoms with Gasteiger partial charge >= 0.3 is 0 Å². The van der Waals surface area contributed by atoms with Crippen LogP contribution in [0.4, 0.5) is 0 Å². The van der Waals surface area contributed by atoms with Gasteiger partial charge in [0.05, 0.1) is 0 Å². The monoisotopic (exact) mass is 351 g/mol. The van der Waals surface area contributed by atoms with E-state index in [1.54, 1.807) is 5.57 Å². The minimum absolute atomic E-state index is 0.194. The lowest BCUT2D eigenvalue weighted by atomic mass is 9.66. The van der Waals surface area contributed by atoms with Gasteiger partial charge < -0.3 is 5.32 Å². The molecule has 0 spiro atoms. The Bertz CT molecular complexity index is 539. The van der Waals surface area contributed by atoms with Crippen molar-refractivity contribution in [3.63, 3.8) is 0 Å². The highest BCUT2D eigenvalue weighted by molar-refractivity contribution is 9.11. The van der Waals surface area contributed by atoms with Crippen molar-refractivity contribution in [2.75, 3.05) is 13.1 Å². The second-order valence-corrected chi connectivity index (χ2v) is 7.10. The van der Waals surface area contributed by atoms with Crippen molar-refractivity contribution < 1.29 is 0 Å². The number of piperidine rings is 1. The van der Waals surface area contributed by atoms with E-state index in [9.17, 15) is 0 Å². The van der Waals surface area contributed by atoms with Crippen LogP contribution in [0.1, 0.15) is 31.2 Å². The van der Waals surface area contributed by atoms with E-state index < -0.39 is 0 Å². The molecular weight excluding hydrogens is 334 g/mol. The molecule has 1 saturated heterocycles. The van der Waals surface area contributed by atoms with Crippen LogP contribution in [0.15, 0.2) is 46.5 Å². The third-order valence-corrected chi connectivity index (χ3v) is 5.48. The fourth-order valence-electron chi connectivity index (χ4n) is 3.43. The summed E-state index contributed by atoms with van der Waals surface area (Å²) < 4.78 is 1.31. The molecule has 3 heteroatoms. The van der Waals surface area contributed by atoms with Crippen LogP contribution < -0.4 is 5.32 Å². The van der Waals surface area contributed by atoms with E-state index in [4.69, 9.17) is 11.6 Å². The van der Waals surface area contributed by atoms with Gasteiger partial charge in [-0.25, -0.2) is 0 Å². The highest BCUT2D eigenvalue weighted by Gasteiger charge is 2.37. The molecule has 20 heavy (non-hydrogen) atoms. The number of benzene rings is 1. The van der Waals surface area contributed by atoms with Crippen molar-refractivity contribution >= 4 is 27.5 Å². The Hall–Kier alpha value is -0.570. The van der Waals surface area contributed by atoms with Gasteiger partial charge in [0.2, 0.25) is 0 Å². The zero-order chi connectivity index (χ0) is 14.0. The van der Waals surface area contributed by atoms with Crippen molar-refractivity contribution in [1.82, 2.24) is 5.32 Å². The Morgan fingerprint density at radius 2 is 1.70 bits per heavy atom. The first-order chi connectivity index (χ1) is 9.71. The summed E-state index contributed by atoms with van der Waals surface area (Å²) >= 11 is 9.67. The first-order valence-corrected chi connectivity index (χ1v) is 8.40. The van der Waals surface area contributed by atoms with Gasteiger partial charge in [0.15, 0.2) is 0 Å². The number of nitrogens with one attached hydrogen (secondary N) is 1. The summed E-state index contributed by atoms with van der Waals surface area (Å²) in [7, 11) is 0. The minimum atomic E-state index is 0.194. The molecule has 1 aliphatic carbocycles. The number of hydrogen-bond acceptors (Lipinski definition) is 1. The molecule has 0 atom stereocenters. The number of hydrogen-bond donors (Lipinski definition) is 1. The molecular formula is C17H19BrClN. The standard InChI is InChI=1S/C17H19BrClN/c18-15-5-1-13(2-6-15)17(9-11-20-12-10-17)14-3-7-16(19)8-4-14/h1,3-5,7-8,20H,2,6,9-12H2. The van der Waals surface area contributed by atoms with E-state index in [0.717, 1.165) is 31.0 Å². The van der Waals surface area contributed by atoms with Crippen LogP contribution in [0.2, 0.25) is 5.02 Å². The van der Waals surface area contributed by atoms with Crippen molar-refractivity contribution in [2.45, 2.75) is 31.1 Å². The van der Waals surface area contributed by atoms with Gasteiger partial charge in [0.1, 0.15) is 0 Å². The zero-order valence-corrected chi connectivity index (χ0v) is 13.8. The van der Waals surface area contributed by atoms with E-state index >= 15 is 0 Å². The third kappa shape index (κ3) is 2.74. The van der Waals surface area contributed by atoms with E-state index in [2.05, 4.69) is 45.5 Å². The summed E-state index contributed by atoms with van der Waals surface area (Å²) in [5.74, 6) is 0. The second kappa shape index (κ2) is 6.05. The average molecular weight is 353 g/mol. The maximum atomic E-state index is 6.06. The molecule has 1 nitrogen and oxygen atoms in total. The van der Waals surface area contributed by atoms with Crippen molar-refractivity contribution in [3.8, 4) is 0 Å². The molecule has 0 bridgehead atoms. The van der Waals surface area contributed by atoms with Gasteiger partial charge in [-0.1, -0.05) is 57.4 Å². The SMILES string of the molecule is Clc1ccc(C2(C3=CC=C(Br)CC3)CCNCC2)cc1. The lowest BCUT2D eigenvalue weighted by Crippen LogP contribution is -2.41. The third-order valence-electron chi connectivity index (χ3n) is 4.57. The second-order valence-electron chi connectivity index (χ2n) is 5.64. The number of halogens is 2. The highest BCUT2D eigenvalue weighted by Crippen LogP contribution is 2.44. The summed E-state index contributed by atoms with van der Waals surface area (Å²) in [6.07, 6.45) is 9.16. The normalized spacial score (nSPS) is 22.1. The maximum absolute atomic E-state index is 6.06. The lowest BCUT2D eigenvalue weighted by molar-refractivity contribution is 0.347. The van der Waals surface area contributed by atoms with Crippen molar-refractivity contribution in [3.05, 3.63) is 57.1 Å². The van der Waals surface area contributed by atoms with Crippen LogP contribution in [-0.2, 0) is 5.41 Å².